The summed E-state index contributed by atoms with van der Waals surface area (Å²) in [5.74, 6) is 0. The number of rotatable bonds is 5. The van der Waals surface area contributed by atoms with Gasteiger partial charge >= 0.3 is 0 Å². The minimum atomic E-state index is -3.55. The lowest BCUT2D eigenvalue weighted by atomic mass is 10.3. The number of nitrogens with two attached hydrogens (primary N) is 1. The van der Waals surface area contributed by atoms with Gasteiger partial charge in [-0.25, -0.2) is 8.42 Å². The van der Waals surface area contributed by atoms with Crippen molar-refractivity contribution in [2.45, 2.75) is 38.1 Å². The van der Waals surface area contributed by atoms with E-state index in [1.807, 2.05) is 20.8 Å². The molecule has 17 heavy (non-hydrogen) atoms. The highest BCUT2D eigenvalue weighted by molar-refractivity contribution is 7.89. The molecule has 0 saturated heterocycles. The average molecular weight is 257 g/mol. The number of hydrogen-bond donors (Lipinski definition) is 1. The number of nitrogens with zero attached hydrogens (tertiary/aromatic N) is 2. The molecule has 1 aromatic heterocycles. The monoisotopic (exact) mass is 257 g/mol. The predicted molar refractivity (Wildman–Crippen MR) is 68.0 cm³/mol. The van der Waals surface area contributed by atoms with Crippen LogP contribution in [0.15, 0.2) is 23.4 Å². The van der Waals surface area contributed by atoms with Gasteiger partial charge in [0.1, 0.15) is 4.90 Å². The Morgan fingerprint density at radius 2 is 2.12 bits per heavy atom. The van der Waals surface area contributed by atoms with Gasteiger partial charge in [-0.2, -0.15) is 4.31 Å². The van der Waals surface area contributed by atoms with Gasteiger partial charge in [-0.3, -0.25) is 4.98 Å². The smallest absolute Gasteiger partial charge is 0.246 e. The molecule has 0 spiro atoms. The third kappa shape index (κ3) is 2.76. The molecule has 0 aliphatic carbocycles. The van der Waals surface area contributed by atoms with Crippen molar-refractivity contribution in [1.82, 2.24) is 9.29 Å². The molecule has 6 heteroatoms. The molecule has 0 saturated carbocycles. The standard InChI is InChI=1S/C11H19N3O2S/c1-4-9(3)14(5-2)17(15,16)11-8-13-7-6-10(11)12/h6-9H,4-5H2,1-3H3,(H2,12,13). The SMILES string of the molecule is CCC(C)N(CC)S(=O)(=O)c1cnccc1N. The first-order valence-corrected chi connectivity index (χ1v) is 7.10. The van der Waals surface area contributed by atoms with Crippen LogP contribution in [-0.2, 0) is 10.0 Å². The second-order valence-electron chi connectivity index (χ2n) is 3.88. The van der Waals surface area contributed by atoms with Crippen LogP contribution in [0.2, 0.25) is 0 Å². The van der Waals surface area contributed by atoms with Gasteiger partial charge in [0, 0.05) is 25.0 Å². The fraction of sp³-hybridized carbons (Fsp3) is 0.545. The summed E-state index contributed by atoms with van der Waals surface area (Å²) >= 11 is 0. The zero-order valence-corrected chi connectivity index (χ0v) is 11.2. The van der Waals surface area contributed by atoms with Gasteiger partial charge in [-0.05, 0) is 19.4 Å². The summed E-state index contributed by atoms with van der Waals surface area (Å²) in [5.41, 5.74) is 5.93. The fourth-order valence-corrected chi connectivity index (χ4v) is 3.43. The minimum Gasteiger partial charge on any atom is -0.398 e. The highest BCUT2D eigenvalue weighted by Crippen LogP contribution is 2.23. The summed E-state index contributed by atoms with van der Waals surface area (Å²) in [6, 6.07) is 1.45. The molecule has 0 aromatic carbocycles. The molecule has 1 rings (SSSR count). The van der Waals surface area contributed by atoms with Crippen molar-refractivity contribution in [3.05, 3.63) is 18.5 Å². The second-order valence-corrected chi connectivity index (χ2v) is 5.74. The maximum Gasteiger partial charge on any atom is 0.246 e. The van der Waals surface area contributed by atoms with Gasteiger partial charge < -0.3 is 5.73 Å². The van der Waals surface area contributed by atoms with Crippen LogP contribution in [0.4, 0.5) is 5.69 Å². The molecule has 1 heterocycles. The summed E-state index contributed by atoms with van der Waals surface area (Å²) < 4.78 is 26.2. The van der Waals surface area contributed by atoms with E-state index in [-0.39, 0.29) is 16.6 Å². The van der Waals surface area contributed by atoms with Gasteiger partial charge in [0.05, 0.1) is 5.69 Å². The largest absolute Gasteiger partial charge is 0.398 e. The molecule has 1 atom stereocenters. The molecule has 5 nitrogen and oxygen atoms in total. The summed E-state index contributed by atoms with van der Waals surface area (Å²) in [4.78, 5) is 3.91. The van der Waals surface area contributed by atoms with Crippen molar-refractivity contribution >= 4 is 15.7 Å². The normalized spacial score (nSPS) is 13.9. The van der Waals surface area contributed by atoms with Crippen molar-refractivity contribution in [1.29, 1.82) is 0 Å². The van der Waals surface area contributed by atoms with Crippen LogP contribution in [0.3, 0.4) is 0 Å². The lowest BCUT2D eigenvalue weighted by molar-refractivity contribution is 0.342. The molecule has 0 radical (unpaired) electrons. The predicted octanol–water partition coefficient (Wildman–Crippen LogP) is 1.47. The third-order valence-electron chi connectivity index (χ3n) is 2.80. The first kappa shape index (κ1) is 13.9. The van der Waals surface area contributed by atoms with Gasteiger partial charge in [-0.15, -0.1) is 0 Å². The fourth-order valence-electron chi connectivity index (χ4n) is 1.65. The number of anilines is 1. The van der Waals surface area contributed by atoms with E-state index in [4.69, 9.17) is 5.73 Å². The van der Waals surface area contributed by atoms with Crippen molar-refractivity contribution in [3.63, 3.8) is 0 Å². The van der Waals surface area contributed by atoms with E-state index in [1.54, 1.807) is 0 Å². The van der Waals surface area contributed by atoms with Gasteiger partial charge in [0.15, 0.2) is 0 Å². The third-order valence-corrected chi connectivity index (χ3v) is 4.93. The molecule has 96 valence electrons. The van der Waals surface area contributed by atoms with E-state index in [0.717, 1.165) is 6.42 Å². The van der Waals surface area contributed by atoms with Crippen LogP contribution in [0, 0.1) is 0 Å². The topological polar surface area (TPSA) is 76.3 Å². The van der Waals surface area contributed by atoms with Crippen LogP contribution < -0.4 is 5.73 Å². The van der Waals surface area contributed by atoms with Crippen molar-refractivity contribution < 1.29 is 8.42 Å². The highest BCUT2D eigenvalue weighted by atomic mass is 32.2. The summed E-state index contributed by atoms with van der Waals surface area (Å²) in [6.45, 7) is 6.07. The number of sulfonamides is 1. The number of pyridine rings is 1. The Kier molecular flexibility index (Phi) is 4.47. The van der Waals surface area contributed by atoms with E-state index in [1.165, 1.54) is 22.8 Å². The maximum atomic E-state index is 12.4. The van der Waals surface area contributed by atoms with E-state index in [9.17, 15) is 8.42 Å². The zero-order chi connectivity index (χ0) is 13.1. The van der Waals surface area contributed by atoms with Crippen LogP contribution in [0.1, 0.15) is 27.2 Å². The highest BCUT2D eigenvalue weighted by Gasteiger charge is 2.28. The lowest BCUT2D eigenvalue weighted by Crippen LogP contribution is -2.38. The maximum absolute atomic E-state index is 12.4. The zero-order valence-electron chi connectivity index (χ0n) is 10.4. The molecular formula is C11H19N3O2S. The quantitative estimate of drug-likeness (QED) is 0.866. The van der Waals surface area contributed by atoms with Crippen LogP contribution in [-0.4, -0.2) is 30.3 Å². The minimum absolute atomic E-state index is 0.0513. The molecular weight excluding hydrogens is 238 g/mol. The van der Waals surface area contributed by atoms with Crippen LogP contribution in [0.5, 0.6) is 0 Å². The van der Waals surface area contributed by atoms with E-state index in [2.05, 4.69) is 4.98 Å². The molecule has 1 aromatic rings. The summed E-state index contributed by atoms with van der Waals surface area (Å²) in [5, 5.41) is 0. The van der Waals surface area contributed by atoms with E-state index in [0.29, 0.717) is 6.54 Å². The first-order valence-electron chi connectivity index (χ1n) is 5.66. The van der Waals surface area contributed by atoms with Gasteiger partial charge in [-0.1, -0.05) is 13.8 Å². The molecule has 1 unspecified atom stereocenters. The number of nitrogen functional groups attached to an aromatic ring is 1. The second kappa shape index (κ2) is 5.46. The molecule has 0 amide bonds. The lowest BCUT2D eigenvalue weighted by Gasteiger charge is -2.26. The van der Waals surface area contributed by atoms with Gasteiger partial charge in [0.2, 0.25) is 10.0 Å². The molecule has 0 aliphatic heterocycles. The first-order chi connectivity index (χ1) is 7.95. The Morgan fingerprint density at radius 3 is 2.59 bits per heavy atom. The van der Waals surface area contributed by atoms with Crippen molar-refractivity contribution in [3.8, 4) is 0 Å². The molecule has 0 bridgehead atoms. The molecule has 2 N–H and O–H groups in total. The Labute approximate surface area is 103 Å². The average Bonchev–Trinajstić information content (AvgIpc) is 2.29. The Hall–Kier alpha value is -1.14. The van der Waals surface area contributed by atoms with Crippen LogP contribution in [0.25, 0.3) is 0 Å². The van der Waals surface area contributed by atoms with E-state index >= 15 is 0 Å². The Morgan fingerprint density at radius 1 is 1.47 bits per heavy atom. The molecule has 0 fully saturated rings. The summed E-state index contributed by atoms with van der Waals surface area (Å²) in [6.07, 6.45) is 3.54. The van der Waals surface area contributed by atoms with E-state index < -0.39 is 10.0 Å². The Bertz CT molecular complexity index is 473. The van der Waals surface area contributed by atoms with Crippen molar-refractivity contribution in [2.75, 3.05) is 12.3 Å². The van der Waals surface area contributed by atoms with Crippen molar-refractivity contribution in [2.24, 2.45) is 0 Å². The summed E-state index contributed by atoms with van der Waals surface area (Å²) in [7, 11) is -3.55. The molecule has 0 aliphatic rings. The van der Waals surface area contributed by atoms with Crippen LogP contribution >= 0.6 is 0 Å². The van der Waals surface area contributed by atoms with Gasteiger partial charge in [0.25, 0.3) is 0 Å². The number of aromatic nitrogens is 1. The number of hydrogen-bond acceptors (Lipinski definition) is 4. The Balaban J connectivity index is 3.23.